The number of phenols is 1. The molecular formula is C29H34FN4O6P. The third-order valence-electron chi connectivity index (χ3n) is 7.06. The molecule has 0 spiro atoms. The van der Waals surface area contributed by atoms with Crippen LogP contribution in [0.1, 0.15) is 52.6 Å². The number of hydrogen-bond donors (Lipinski definition) is 2. The third kappa shape index (κ3) is 6.41. The van der Waals surface area contributed by atoms with E-state index in [9.17, 15) is 28.4 Å². The predicted octanol–water partition coefficient (Wildman–Crippen LogP) is 4.15. The number of halogens is 1. The van der Waals surface area contributed by atoms with Crippen LogP contribution >= 0.6 is 7.29 Å². The lowest BCUT2D eigenvalue weighted by atomic mass is 9.95. The summed E-state index contributed by atoms with van der Waals surface area (Å²) >= 11 is 0. The summed E-state index contributed by atoms with van der Waals surface area (Å²) in [7, 11) is -3.04. The maximum atomic E-state index is 14.1. The molecule has 2 atom stereocenters. The minimum absolute atomic E-state index is 0.0174. The van der Waals surface area contributed by atoms with Gasteiger partial charge in [-0.3, -0.25) is 24.5 Å². The number of ether oxygens (including phenoxy) is 1. The normalized spacial score (nSPS) is 15.0. The molecule has 4 rings (SSSR count). The summed E-state index contributed by atoms with van der Waals surface area (Å²) in [5.41, 5.74) is 1.47. The van der Waals surface area contributed by atoms with E-state index in [1.54, 1.807) is 45.0 Å². The first-order valence-corrected chi connectivity index (χ1v) is 15.8. The number of nitrogens with zero attached hydrogens (tertiary/aromatic N) is 3. The molecule has 0 fully saturated rings. The Labute approximate surface area is 237 Å². The number of hydrogen-bond acceptors (Lipinski definition) is 7. The van der Waals surface area contributed by atoms with Gasteiger partial charge in [0.25, 0.3) is 11.8 Å². The van der Waals surface area contributed by atoms with E-state index in [4.69, 9.17) is 4.74 Å². The molecule has 2 aromatic carbocycles. The summed E-state index contributed by atoms with van der Waals surface area (Å²) in [5.74, 6) is -2.05. The Hall–Kier alpha value is -3.82. The first-order valence-electron chi connectivity index (χ1n) is 13.4. The maximum absolute atomic E-state index is 14.1. The van der Waals surface area contributed by atoms with Gasteiger partial charge in [0.2, 0.25) is 0 Å². The summed E-state index contributed by atoms with van der Waals surface area (Å²) in [6, 6.07) is 8.31. The molecular weight excluding hydrogens is 550 g/mol. The summed E-state index contributed by atoms with van der Waals surface area (Å²) in [5, 5.41) is 14.3. The number of carbonyl (C=O) groups excluding carboxylic acids is 3. The van der Waals surface area contributed by atoms with Crippen molar-refractivity contribution in [3.63, 3.8) is 0 Å². The molecule has 1 aliphatic rings. The van der Waals surface area contributed by atoms with Crippen molar-refractivity contribution in [2.75, 3.05) is 32.5 Å². The van der Waals surface area contributed by atoms with E-state index in [1.807, 2.05) is 0 Å². The SMILES string of the molecule is CCOC(=O)[C@H](C)NP(C)(=O)CCN(CC)C(=O)c1c2c(c(O)c3ncccc13)C(=O)N(Cc1ccc(F)cc1)C2. The van der Waals surface area contributed by atoms with Crippen LogP contribution in [0.5, 0.6) is 5.75 Å². The molecule has 0 saturated heterocycles. The fourth-order valence-corrected chi connectivity index (χ4v) is 6.68. The molecule has 0 radical (unpaired) electrons. The summed E-state index contributed by atoms with van der Waals surface area (Å²) in [6.07, 6.45) is 1.57. The Morgan fingerprint density at radius 2 is 1.95 bits per heavy atom. The van der Waals surface area contributed by atoms with Crippen LogP contribution in [0.3, 0.4) is 0 Å². The van der Waals surface area contributed by atoms with E-state index in [-0.39, 0.29) is 61.3 Å². The molecule has 218 valence electrons. The number of esters is 1. The van der Waals surface area contributed by atoms with Crippen molar-refractivity contribution < 1.29 is 33.2 Å². The van der Waals surface area contributed by atoms with Gasteiger partial charge in [-0.05, 0) is 44.5 Å². The van der Waals surface area contributed by atoms with Crippen molar-refractivity contribution in [2.45, 2.75) is 39.9 Å². The molecule has 2 N–H and O–H groups in total. The van der Waals surface area contributed by atoms with Crippen LogP contribution in [0.25, 0.3) is 10.9 Å². The predicted molar refractivity (Wildman–Crippen MR) is 153 cm³/mol. The molecule has 10 nitrogen and oxygen atoms in total. The third-order valence-corrected chi connectivity index (χ3v) is 9.05. The van der Waals surface area contributed by atoms with Crippen molar-refractivity contribution in [1.82, 2.24) is 19.9 Å². The average Bonchev–Trinajstić information content (AvgIpc) is 3.25. The highest BCUT2D eigenvalue weighted by Crippen LogP contribution is 2.41. The molecule has 1 aliphatic heterocycles. The molecule has 0 aliphatic carbocycles. The molecule has 12 heteroatoms. The fraction of sp³-hybridized carbons (Fsp3) is 0.379. The lowest BCUT2D eigenvalue weighted by Gasteiger charge is -2.26. The molecule has 1 aromatic heterocycles. The topological polar surface area (TPSA) is 129 Å². The number of amides is 2. The van der Waals surface area contributed by atoms with E-state index in [1.165, 1.54) is 34.8 Å². The van der Waals surface area contributed by atoms with Crippen LogP contribution < -0.4 is 5.09 Å². The number of phenolic OH excluding ortho intramolecular Hbond substituents is 1. The highest BCUT2D eigenvalue weighted by atomic mass is 31.2. The van der Waals surface area contributed by atoms with Crippen molar-refractivity contribution in [3.05, 3.63) is 70.7 Å². The molecule has 1 unspecified atom stereocenters. The number of benzene rings is 2. The zero-order chi connectivity index (χ0) is 29.9. The smallest absolute Gasteiger partial charge is 0.323 e. The molecule has 3 aromatic rings. The van der Waals surface area contributed by atoms with Crippen molar-refractivity contribution >= 4 is 36.0 Å². The van der Waals surface area contributed by atoms with Crippen LogP contribution in [0.4, 0.5) is 4.39 Å². The largest absolute Gasteiger partial charge is 0.505 e. The summed E-state index contributed by atoms with van der Waals surface area (Å²) in [4.78, 5) is 46.8. The summed E-state index contributed by atoms with van der Waals surface area (Å²) in [6.45, 7) is 7.41. The number of aromatic hydroxyl groups is 1. The number of fused-ring (bicyclic) bond motifs is 2. The first-order chi connectivity index (χ1) is 19.5. The second-order valence-electron chi connectivity index (χ2n) is 10.1. The Morgan fingerprint density at radius 1 is 1.24 bits per heavy atom. The molecule has 41 heavy (non-hydrogen) atoms. The van der Waals surface area contributed by atoms with E-state index in [0.29, 0.717) is 16.5 Å². The van der Waals surface area contributed by atoms with Crippen LogP contribution in [-0.2, 0) is 27.2 Å². The van der Waals surface area contributed by atoms with Crippen molar-refractivity contribution in [1.29, 1.82) is 0 Å². The standard InChI is InChI=1S/C29H34FN4O6P/c1-5-33(14-15-41(4,39)32-18(3)29(38)40-6-2)27(36)23-21-8-7-13-31-25(21)26(35)24-22(23)17-34(28(24)37)16-19-9-11-20(30)12-10-19/h7-13,18,35H,5-6,14-17H2,1-4H3,(H,32,39)/t18-,41?/m0/s1. The molecule has 0 saturated carbocycles. The Balaban J connectivity index is 1.64. The van der Waals surface area contributed by atoms with Crippen molar-refractivity contribution in [2.24, 2.45) is 0 Å². The average molecular weight is 585 g/mol. The van der Waals surface area contributed by atoms with Crippen molar-refractivity contribution in [3.8, 4) is 5.75 Å². The lowest BCUT2D eigenvalue weighted by Crippen LogP contribution is -2.37. The Morgan fingerprint density at radius 3 is 2.61 bits per heavy atom. The van der Waals surface area contributed by atoms with Gasteiger partial charge >= 0.3 is 5.97 Å². The number of carbonyl (C=O) groups is 3. The second-order valence-corrected chi connectivity index (χ2v) is 13.0. The van der Waals surface area contributed by atoms with E-state index in [2.05, 4.69) is 10.1 Å². The second kappa shape index (κ2) is 12.4. The highest BCUT2D eigenvalue weighted by Gasteiger charge is 2.37. The lowest BCUT2D eigenvalue weighted by molar-refractivity contribution is -0.144. The van der Waals surface area contributed by atoms with Crippen LogP contribution in [0, 0.1) is 5.82 Å². The van der Waals surface area contributed by atoms with Crippen LogP contribution in [0.2, 0.25) is 0 Å². The van der Waals surface area contributed by atoms with Crippen LogP contribution in [-0.4, -0.2) is 76.2 Å². The van der Waals surface area contributed by atoms with Gasteiger partial charge in [-0.15, -0.1) is 0 Å². The quantitative estimate of drug-likeness (QED) is 0.254. The van der Waals surface area contributed by atoms with Gasteiger partial charge in [0.05, 0.1) is 17.7 Å². The van der Waals surface area contributed by atoms with E-state index >= 15 is 0 Å². The van der Waals surface area contributed by atoms with Gasteiger partial charge in [0.1, 0.15) is 24.7 Å². The maximum Gasteiger partial charge on any atom is 0.323 e. The minimum Gasteiger partial charge on any atom is -0.505 e. The Bertz CT molecular complexity index is 1530. The zero-order valence-electron chi connectivity index (χ0n) is 23.5. The van der Waals surface area contributed by atoms with Gasteiger partial charge in [-0.2, -0.15) is 0 Å². The van der Waals surface area contributed by atoms with Crippen LogP contribution in [0.15, 0.2) is 42.6 Å². The summed E-state index contributed by atoms with van der Waals surface area (Å²) < 4.78 is 31.7. The Kier molecular flexibility index (Phi) is 9.09. The molecule has 2 heterocycles. The van der Waals surface area contributed by atoms with E-state index in [0.717, 1.165) is 0 Å². The molecule has 0 bridgehead atoms. The number of nitrogens with one attached hydrogen (secondary N) is 1. The zero-order valence-corrected chi connectivity index (χ0v) is 24.4. The number of aromatic nitrogens is 1. The highest BCUT2D eigenvalue weighted by molar-refractivity contribution is 7.61. The number of pyridine rings is 1. The molecule has 2 amide bonds. The van der Waals surface area contributed by atoms with Gasteiger partial charge < -0.3 is 24.2 Å². The first kappa shape index (κ1) is 30.1. The fourth-order valence-electron chi connectivity index (χ4n) is 5.00. The van der Waals surface area contributed by atoms with Gasteiger partial charge in [-0.1, -0.05) is 18.2 Å². The number of rotatable bonds is 11. The van der Waals surface area contributed by atoms with Gasteiger partial charge in [0.15, 0.2) is 5.75 Å². The monoisotopic (exact) mass is 584 g/mol. The minimum atomic E-state index is -3.04. The van der Waals surface area contributed by atoms with Gasteiger partial charge in [-0.25, -0.2) is 4.39 Å². The van der Waals surface area contributed by atoms with E-state index < -0.39 is 36.9 Å². The van der Waals surface area contributed by atoms with Gasteiger partial charge in [0, 0.05) is 56.2 Å².